The summed E-state index contributed by atoms with van der Waals surface area (Å²) in [4.78, 5) is 0. The third-order valence-corrected chi connectivity index (χ3v) is 4.38. The smallest absolute Gasteiger partial charge is 0.0920 e. The summed E-state index contributed by atoms with van der Waals surface area (Å²) >= 11 is 3.60. The molecule has 2 aliphatic rings. The summed E-state index contributed by atoms with van der Waals surface area (Å²) in [6, 6.07) is 1.02. The van der Waals surface area contributed by atoms with Crippen LogP contribution >= 0.6 is 15.9 Å². The second-order valence-electron chi connectivity index (χ2n) is 4.55. The number of halogens is 1. The van der Waals surface area contributed by atoms with Crippen LogP contribution in [0.1, 0.15) is 26.2 Å². The highest BCUT2D eigenvalue weighted by Gasteiger charge is 2.48. The van der Waals surface area contributed by atoms with E-state index in [1.165, 1.54) is 48.7 Å². The SMILES string of the molecule is C[C@H]1CC[N+]2(CCBr)CCC[C@@H]12. The number of rotatable bonds is 2. The molecule has 2 heteroatoms. The van der Waals surface area contributed by atoms with Gasteiger partial charge in [0, 0.05) is 25.2 Å². The molecule has 0 spiro atoms. The first-order valence-corrected chi connectivity index (χ1v) is 6.32. The van der Waals surface area contributed by atoms with E-state index in [1.807, 2.05) is 0 Å². The van der Waals surface area contributed by atoms with E-state index < -0.39 is 0 Å². The van der Waals surface area contributed by atoms with Crippen molar-refractivity contribution in [3.8, 4) is 0 Å². The lowest BCUT2D eigenvalue weighted by Gasteiger charge is -2.35. The summed E-state index contributed by atoms with van der Waals surface area (Å²) in [5, 5.41) is 1.19. The summed E-state index contributed by atoms with van der Waals surface area (Å²) in [6.07, 6.45) is 4.44. The molecule has 0 saturated carbocycles. The van der Waals surface area contributed by atoms with Crippen molar-refractivity contribution >= 4 is 15.9 Å². The Morgan fingerprint density at radius 3 is 2.92 bits per heavy atom. The maximum atomic E-state index is 3.60. The van der Waals surface area contributed by atoms with Gasteiger partial charge in [-0.05, 0) is 0 Å². The molecular weight excluding hydrogens is 214 g/mol. The Labute approximate surface area is 83.8 Å². The van der Waals surface area contributed by atoms with Crippen LogP contribution in [0.25, 0.3) is 0 Å². The lowest BCUT2D eigenvalue weighted by molar-refractivity contribution is -0.926. The van der Waals surface area contributed by atoms with Crippen LogP contribution in [-0.4, -0.2) is 35.5 Å². The molecule has 2 aliphatic heterocycles. The highest BCUT2D eigenvalue weighted by molar-refractivity contribution is 9.09. The lowest BCUT2D eigenvalue weighted by Crippen LogP contribution is -2.49. The van der Waals surface area contributed by atoms with Gasteiger partial charge in [0.1, 0.15) is 0 Å². The van der Waals surface area contributed by atoms with E-state index in [0.717, 1.165) is 12.0 Å². The Bertz CT molecular complexity index is 167. The lowest BCUT2D eigenvalue weighted by atomic mass is 10.0. The zero-order valence-electron chi connectivity index (χ0n) is 7.93. The van der Waals surface area contributed by atoms with E-state index in [1.54, 1.807) is 0 Å². The third kappa shape index (κ3) is 1.24. The number of quaternary nitrogens is 1. The van der Waals surface area contributed by atoms with Crippen LogP contribution in [0.2, 0.25) is 0 Å². The van der Waals surface area contributed by atoms with Crippen LogP contribution in [0.4, 0.5) is 0 Å². The molecule has 2 fully saturated rings. The molecule has 70 valence electrons. The Hall–Kier alpha value is 0.440. The van der Waals surface area contributed by atoms with Crippen molar-refractivity contribution in [1.29, 1.82) is 0 Å². The second kappa shape index (κ2) is 3.30. The van der Waals surface area contributed by atoms with Gasteiger partial charge in [0.25, 0.3) is 0 Å². The number of hydrogen-bond donors (Lipinski definition) is 0. The number of hydrogen-bond acceptors (Lipinski definition) is 0. The standard InChI is InChI=1S/C10H19BrN/c1-9-4-7-12(8-5-11)6-2-3-10(9)12/h9-10H,2-8H2,1H3/q+1/t9-,10-,12?/m0/s1. The van der Waals surface area contributed by atoms with E-state index in [0.29, 0.717) is 0 Å². The number of fused-ring (bicyclic) bond motifs is 1. The Morgan fingerprint density at radius 2 is 2.17 bits per heavy atom. The van der Waals surface area contributed by atoms with Gasteiger partial charge in [0.15, 0.2) is 0 Å². The second-order valence-corrected chi connectivity index (χ2v) is 5.35. The van der Waals surface area contributed by atoms with Gasteiger partial charge >= 0.3 is 0 Å². The number of nitrogens with zero attached hydrogens (tertiary/aromatic N) is 1. The molecule has 0 radical (unpaired) electrons. The van der Waals surface area contributed by atoms with Crippen LogP contribution in [0.5, 0.6) is 0 Å². The van der Waals surface area contributed by atoms with Crippen LogP contribution in [0.15, 0.2) is 0 Å². The molecule has 1 nitrogen and oxygen atoms in total. The molecule has 0 aromatic carbocycles. The van der Waals surface area contributed by atoms with Crippen molar-refractivity contribution in [1.82, 2.24) is 0 Å². The van der Waals surface area contributed by atoms with Crippen molar-refractivity contribution < 1.29 is 4.48 Å². The van der Waals surface area contributed by atoms with Gasteiger partial charge in [-0.2, -0.15) is 0 Å². The minimum atomic E-state index is 0.992. The zero-order chi connectivity index (χ0) is 8.60. The van der Waals surface area contributed by atoms with Crippen molar-refractivity contribution in [2.75, 3.05) is 25.0 Å². The van der Waals surface area contributed by atoms with E-state index in [9.17, 15) is 0 Å². The molecule has 0 amide bonds. The van der Waals surface area contributed by atoms with Crippen molar-refractivity contribution in [2.45, 2.75) is 32.2 Å². The quantitative estimate of drug-likeness (QED) is 0.507. The van der Waals surface area contributed by atoms with Crippen molar-refractivity contribution in [3.63, 3.8) is 0 Å². The Balaban J connectivity index is 2.11. The minimum absolute atomic E-state index is 0.992. The first kappa shape index (κ1) is 9.01. The summed E-state index contributed by atoms with van der Waals surface area (Å²) in [5.41, 5.74) is 0. The van der Waals surface area contributed by atoms with Gasteiger partial charge in [-0.1, -0.05) is 22.9 Å². The molecule has 1 unspecified atom stereocenters. The van der Waals surface area contributed by atoms with Crippen LogP contribution < -0.4 is 0 Å². The highest BCUT2D eigenvalue weighted by atomic mass is 79.9. The predicted molar refractivity (Wildman–Crippen MR) is 55.5 cm³/mol. The maximum Gasteiger partial charge on any atom is 0.0920 e. The molecule has 0 bridgehead atoms. The van der Waals surface area contributed by atoms with Gasteiger partial charge < -0.3 is 4.48 Å². The summed E-state index contributed by atoms with van der Waals surface area (Å²) in [5.74, 6) is 0.992. The molecule has 12 heavy (non-hydrogen) atoms. The first-order valence-electron chi connectivity index (χ1n) is 5.20. The Kier molecular flexibility index (Phi) is 2.48. The van der Waals surface area contributed by atoms with Crippen molar-refractivity contribution in [3.05, 3.63) is 0 Å². The molecule has 0 aliphatic carbocycles. The van der Waals surface area contributed by atoms with Crippen LogP contribution in [0.3, 0.4) is 0 Å². The predicted octanol–water partition coefficient (Wildman–Crippen LogP) is 2.40. The largest absolute Gasteiger partial charge is 0.320 e. The topological polar surface area (TPSA) is 0 Å². The van der Waals surface area contributed by atoms with E-state index in [4.69, 9.17) is 0 Å². The van der Waals surface area contributed by atoms with Gasteiger partial charge in [-0.25, -0.2) is 0 Å². The molecular formula is C10H19BrN+. The summed E-state index contributed by atoms with van der Waals surface area (Å²) < 4.78 is 1.45. The molecule has 3 atom stereocenters. The molecule has 0 aromatic heterocycles. The van der Waals surface area contributed by atoms with Crippen molar-refractivity contribution in [2.24, 2.45) is 5.92 Å². The normalized spacial score (nSPS) is 46.5. The monoisotopic (exact) mass is 232 g/mol. The van der Waals surface area contributed by atoms with E-state index in [2.05, 4.69) is 22.9 Å². The molecule has 2 saturated heterocycles. The fourth-order valence-electron chi connectivity index (χ4n) is 3.37. The summed E-state index contributed by atoms with van der Waals surface area (Å²) in [7, 11) is 0. The average molecular weight is 233 g/mol. The van der Waals surface area contributed by atoms with Gasteiger partial charge in [-0.15, -0.1) is 0 Å². The van der Waals surface area contributed by atoms with Gasteiger partial charge in [0.2, 0.25) is 0 Å². The first-order chi connectivity index (χ1) is 5.78. The fourth-order valence-corrected chi connectivity index (χ4v) is 4.07. The fraction of sp³-hybridized carbons (Fsp3) is 1.00. The van der Waals surface area contributed by atoms with Gasteiger partial charge in [0.05, 0.1) is 31.0 Å². The summed E-state index contributed by atoms with van der Waals surface area (Å²) in [6.45, 7) is 6.73. The van der Waals surface area contributed by atoms with Crippen LogP contribution in [0, 0.1) is 5.92 Å². The maximum absolute atomic E-state index is 3.60. The molecule has 2 rings (SSSR count). The minimum Gasteiger partial charge on any atom is -0.320 e. The van der Waals surface area contributed by atoms with Gasteiger partial charge in [-0.3, -0.25) is 0 Å². The van der Waals surface area contributed by atoms with E-state index >= 15 is 0 Å². The molecule has 0 N–H and O–H groups in total. The molecule has 0 aromatic rings. The third-order valence-electron chi connectivity index (χ3n) is 4.02. The van der Waals surface area contributed by atoms with E-state index in [-0.39, 0.29) is 0 Å². The Morgan fingerprint density at radius 1 is 1.33 bits per heavy atom. The van der Waals surface area contributed by atoms with Crippen LogP contribution in [-0.2, 0) is 0 Å². The zero-order valence-corrected chi connectivity index (χ0v) is 9.52. The molecule has 2 heterocycles. The highest BCUT2D eigenvalue weighted by Crippen LogP contribution is 2.39. The average Bonchev–Trinajstić information content (AvgIpc) is 2.55. The number of alkyl halides is 1.